The van der Waals surface area contributed by atoms with Gasteiger partial charge in [0.25, 0.3) is 0 Å². The molecule has 0 saturated heterocycles. The third-order valence-electron chi connectivity index (χ3n) is 3.55. The van der Waals surface area contributed by atoms with Crippen LogP contribution in [0.1, 0.15) is 20.7 Å². The summed E-state index contributed by atoms with van der Waals surface area (Å²) in [4.78, 5) is 26.9. The van der Waals surface area contributed by atoms with Gasteiger partial charge in [-0.05, 0) is 24.3 Å². The van der Waals surface area contributed by atoms with Gasteiger partial charge in [0.15, 0.2) is 0 Å². The van der Waals surface area contributed by atoms with Gasteiger partial charge in [-0.1, -0.05) is 41.6 Å². The molecule has 0 unspecified atom stereocenters. The minimum Gasteiger partial charge on any atom is -0.489 e. The highest BCUT2D eigenvalue weighted by molar-refractivity contribution is 7.99. The number of rotatable bonds is 4. The Morgan fingerprint density at radius 2 is 1.58 bits per heavy atom. The maximum Gasteiger partial charge on any atom is 0.233 e. The number of carbonyl (C=O) groups is 2. The molecule has 0 spiro atoms. The van der Waals surface area contributed by atoms with Crippen LogP contribution in [-0.4, -0.2) is 25.8 Å². The number of benzene rings is 2. The predicted octanol–water partition coefficient (Wildman–Crippen LogP) is 4.37. The van der Waals surface area contributed by atoms with Gasteiger partial charge in [0.2, 0.25) is 23.1 Å². The number of carbonyl (C=O) groups excluding carboxylic acids is 2. The molecular weight excluding hydrogens is 348 g/mol. The first-order valence-corrected chi connectivity index (χ1v) is 8.24. The van der Waals surface area contributed by atoms with Gasteiger partial charge in [-0.3, -0.25) is 9.59 Å². The summed E-state index contributed by atoms with van der Waals surface area (Å²) < 4.78 is 10.2. The summed E-state index contributed by atoms with van der Waals surface area (Å²) >= 11 is 7.38. The SMILES string of the molecule is COC1=C(OC)C(=O)c2c(Sc3cccc(Cl)c3)cccc2C1=O. The van der Waals surface area contributed by atoms with Gasteiger partial charge < -0.3 is 9.47 Å². The van der Waals surface area contributed by atoms with E-state index in [-0.39, 0.29) is 23.1 Å². The Morgan fingerprint density at radius 3 is 2.25 bits per heavy atom. The molecule has 2 aromatic carbocycles. The third kappa shape index (κ3) is 2.81. The maximum absolute atomic E-state index is 12.8. The standard InChI is InChI=1S/C18H13ClO4S/c1-22-17-15(20)12-7-4-8-13(14(12)16(21)18(17)23-2)24-11-6-3-5-10(19)9-11/h3-9H,1-2H3. The molecule has 0 atom stereocenters. The molecule has 0 saturated carbocycles. The first-order valence-electron chi connectivity index (χ1n) is 7.05. The molecule has 1 aliphatic rings. The zero-order valence-corrected chi connectivity index (χ0v) is 14.5. The number of allylic oxidation sites excluding steroid dienone is 2. The minimum absolute atomic E-state index is 0.0695. The zero-order valence-electron chi connectivity index (χ0n) is 13.0. The lowest BCUT2D eigenvalue weighted by atomic mass is 9.92. The minimum atomic E-state index is -0.367. The van der Waals surface area contributed by atoms with E-state index in [1.165, 1.54) is 26.0 Å². The fourth-order valence-corrected chi connectivity index (χ4v) is 3.80. The van der Waals surface area contributed by atoms with Gasteiger partial charge in [-0.15, -0.1) is 0 Å². The molecular formula is C18H13ClO4S. The number of ketones is 2. The van der Waals surface area contributed by atoms with Gasteiger partial charge in [-0.2, -0.15) is 0 Å². The summed E-state index contributed by atoms with van der Waals surface area (Å²) in [5.41, 5.74) is 0.634. The van der Waals surface area contributed by atoms with E-state index in [2.05, 4.69) is 0 Å². The lowest BCUT2D eigenvalue weighted by Gasteiger charge is -2.20. The maximum atomic E-state index is 12.8. The Balaban J connectivity index is 2.11. The van der Waals surface area contributed by atoms with Crippen LogP contribution < -0.4 is 0 Å². The van der Waals surface area contributed by atoms with Crippen molar-refractivity contribution in [3.63, 3.8) is 0 Å². The third-order valence-corrected chi connectivity index (χ3v) is 4.83. The van der Waals surface area contributed by atoms with Gasteiger partial charge in [-0.25, -0.2) is 0 Å². The Hall–Kier alpha value is -2.24. The Kier molecular flexibility index (Phi) is 4.64. The van der Waals surface area contributed by atoms with Crippen LogP contribution in [-0.2, 0) is 9.47 Å². The zero-order chi connectivity index (χ0) is 17.3. The number of ether oxygens (including phenoxy) is 2. The van der Waals surface area contributed by atoms with Crippen LogP contribution in [0.4, 0.5) is 0 Å². The average Bonchev–Trinajstić information content (AvgIpc) is 2.57. The molecule has 0 radical (unpaired) electrons. The van der Waals surface area contributed by atoms with Crippen molar-refractivity contribution >= 4 is 34.9 Å². The molecule has 0 aromatic heterocycles. The van der Waals surface area contributed by atoms with Crippen molar-refractivity contribution < 1.29 is 19.1 Å². The van der Waals surface area contributed by atoms with E-state index < -0.39 is 0 Å². The van der Waals surface area contributed by atoms with Crippen molar-refractivity contribution in [1.82, 2.24) is 0 Å². The molecule has 0 bridgehead atoms. The van der Waals surface area contributed by atoms with E-state index in [4.69, 9.17) is 21.1 Å². The van der Waals surface area contributed by atoms with E-state index >= 15 is 0 Å². The highest BCUT2D eigenvalue weighted by Crippen LogP contribution is 2.37. The van der Waals surface area contributed by atoms with Crippen LogP contribution in [0.5, 0.6) is 0 Å². The lowest BCUT2D eigenvalue weighted by Crippen LogP contribution is -2.24. The van der Waals surface area contributed by atoms with Crippen molar-refractivity contribution in [2.75, 3.05) is 14.2 Å². The molecule has 0 aliphatic heterocycles. The van der Waals surface area contributed by atoms with Gasteiger partial charge in [0.05, 0.1) is 19.8 Å². The average molecular weight is 361 g/mol. The van der Waals surface area contributed by atoms with E-state index in [1.807, 2.05) is 12.1 Å². The Morgan fingerprint density at radius 1 is 0.917 bits per heavy atom. The van der Waals surface area contributed by atoms with Crippen molar-refractivity contribution in [3.8, 4) is 0 Å². The van der Waals surface area contributed by atoms with E-state index in [9.17, 15) is 9.59 Å². The highest BCUT2D eigenvalue weighted by Gasteiger charge is 2.36. The molecule has 122 valence electrons. The van der Waals surface area contributed by atoms with Crippen LogP contribution in [0.25, 0.3) is 0 Å². The quantitative estimate of drug-likeness (QED) is 0.810. The van der Waals surface area contributed by atoms with Crippen LogP contribution in [0, 0.1) is 0 Å². The second-order valence-electron chi connectivity index (χ2n) is 4.96. The Labute approximate surface area is 148 Å². The topological polar surface area (TPSA) is 52.6 Å². The smallest absolute Gasteiger partial charge is 0.233 e. The molecule has 2 aromatic rings. The molecule has 0 N–H and O–H groups in total. The number of hydrogen-bond donors (Lipinski definition) is 0. The van der Waals surface area contributed by atoms with Crippen LogP contribution in [0.15, 0.2) is 63.8 Å². The summed E-state index contributed by atoms with van der Waals surface area (Å²) in [6.07, 6.45) is 0. The fourth-order valence-electron chi connectivity index (χ4n) is 2.51. The molecule has 4 nitrogen and oxygen atoms in total. The summed E-state index contributed by atoms with van der Waals surface area (Å²) in [5, 5.41) is 0.603. The largest absolute Gasteiger partial charge is 0.489 e. The van der Waals surface area contributed by atoms with Gasteiger partial charge in [0.1, 0.15) is 0 Å². The molecule has 1 aliphatic carbocycles. The summed E-state index contributed by atoms with van der Waals surface area (Å²) in [5.74, 6) is -0.874. The molecule has 0 heterocycles. The fraction of sp³-hybridized carbons (Fsp3) is 0.111. The molecule has 3 rings (SSSR count). The van der Waals surface area contributed by atoms with Crippen LogP contribution >= 0.6 is 23.4 Å². The molecule has 0 fully saturated rings. The first-order chi connectivity index (χ1) is 11.6. The highest BCUT2D eigenvalue weighted by atomic mass is 35.5. The normalized spacial score (nSPS) is 13.8. The molecule has 24 heavy (non-hydrogen) atoms. The summed E-state index contributed by atoms with van der Waals surface area (Å²) in [6.45, 7) is 0. The Bertz CT molecular complexity index is 873. The van der Waals surface area contributed by atoms with E-state index in [0.29, 0.717) is 21.0 Å². The monoisotopic (exact) mass is 360 g/mol. The van der Waals surface area contributed by atoms with Crippen LogP contribution in [0.2, 0.25) is 5.02 Å². The first kappa shape index (κ1) is 16.6. The lowest BCUT2D eigenvalue weighted by molar-refractivity contribution is 0.0826. The summed E-state index contributed by atoms with van der Waals surface area (Å²) in [6, 6.07) is 12.4. The van der Waals surface area contributed by atoms with Gasteiger partial charge >= 0.3 is 0 Å². The van der Waals surface area contributed by atoms with Crippen molar-refractivity contribution in [2.45, 2.75) is 9.79 Å². The van der Waals surface area contributed by atoms with Crippen molar-refractivity contribution in [1.29, 1.82) is 0 Å². The molecule has 0 amide bonds. The predicted molar refractivity (Wildman–Crippen MR) is 91.7 cm³/mol. The molecule has 6 heteroatoms. The number of halogens is 1. The van der Waals surface area contributed by atoms with Crippen molar-refractivity contribution in [3.05, 3.63) is 70.1 Å². The van der Waals surface area contributed by atoms with Crippen molar-refractivity contribution in [2.24, 2.45) is 0 Å². The number of hydrogen-bond acceptors (Lipinski definition) is 5. The van der Waals surface area contributed by atoms with E-state index in [1.54, 1.807) is 30.3 Å². The van der Waals surface area contributed by atoms with E-state index in [0.717, 1.165) is 4.90 Å². The van der Waals surface area contributed by atoms with Gasteiger partial charge in [0, 0.05) is 20.4 Å². The second-order valence-corrected chi connectivity index (χ2v) is 6.51. The number of methoxy groups -OCH3 is 2. The number of fused-ring (bicyclic) bond motifs is 1. The second kappa shape index (κ2) is 6.71. The summed E-state index contributed by atoms with van der Waals surface area (Å²) in [7, 11) is 2.69. The number of Topliss-reactive ketones (excluding diaryl/α,β-unsaturated/α-hetero) is 2. The van der Waals surface area contributed by atoms with Crippen LogP contribution in [0.3, 0.4) is 0 Å².